The molecule has 3 saturated heterocycles. The zero-order valence-corrected chi connectivity index (χ0v) is 24.6. The molecule has 3 aliphatic heterocycles. The Kier molecular flexibility index (Phi) is 7.83. The van der Waals surface area contributed by atoms with E-state index >= 15 is 8.78 Å². The third-order valence-electron chi connectivity index (χ3n) is 10.1. The number of likely N-dealkylation sites (tertiary alicyclic amines) is 2. The third-order valence-corrected chi connectivity index (χ3v) is 10.1. The van der Waals surface area contributed by atoms with Gasteiger partial charge in [-0.25, -0.2) is 8.78 Å². The minimum Gasteiger partial charge on any atom is -0.346 e. The number of aryl methyl sites for hydroxylation is 1. The molecular formula is C32H44F2N6O. The highest BCUT2D eigenvalue weighted by molar-refractivity contribution is 5.92. The summed E-state index contributed by atoms with van der Waals surface area (Å²) in [6, 6.07) is 1.89. The number of nitrogens with zero attached hydrogens (tertiary/aromatic N) is 5. The van der Waals surface area contributed by atoms with Crippen LogP contribution in [0.2, 0.25) is 0 Å². The predicted octanol–water partition coefficient (Wildman–Crippen LogP) is 5.63. The van der Waals surface area contributed by atoms with E-state index in [2.05, 4.69) is 40.3 Å². The first kappa shape index (κ1) is 28.2. The van der Waals surface area contributed by atoms with Crippen molar-refractivity contribution in [1.82, 2.24) is 24.9 Å². The summed E-state index contributed by atoms with van der Waals surface area (Å²) in [5, 5.41) is 8.18. The second kappa shape index (κ2) is 11.4. The fraction of sp³-hybridized carbons (Fsp3) is 0.625. The van der Waals surface area contributed by atoms with Crippen LogP contribution in [0.5, 0.6) is 0 Å². The van der Waals surface area contributed by atoms with Crippen LogP contribution >= 0.6 is 0 Å². The van der Waals surface area contributed by atoms with Crippen LogP contribution in [0.3, 0.4) is 0 Å². The van der Waals surface area contributed by atoms with Gasteiger partial charge in [0.25, 0.3) is 0 Å². The topological polar surface area (TPSA) is 56.6 Å². The Morgan fingerprint density at radius 2 is 1.76 bits per heavy atom. The van der Waals surface area contributed by atoms with E-state index in [9.17, 15) is 4.79 Å². The number of aromatic nitrogens is 2. The summed E-state index contributed by atoms with van der Waals surface area (Å²) in [5.41, 5.74) is 1.39. The Bertz CT molecular complexity index is 1340. The maximum atomic E-state index is 16.2. The highest BCUT2D eigenvalue weighted by Gasteiger charge is 2.37. The molecule has 1 N–H and O–H groups in total. The van der Waals surface area contributed by atoms with E-state index < -0.39 is 11.6 Å². The molecule has 9 heteroatoms. The summed E-state index contributed by atoms with van der Waals surface area (Å²) in [5.74, 6) is 0.619. The molecule has 1 aromatic carbocycles. The van der Waals surface area contributed by atoms with E-state index in [1.165, 1.54) is 30.0 Å². The van der Waals surface area contributed by atoms with E-state index in [0.717, 1.165) is 57.6 Å². The van der Waals surface area contributed by atoms with Crippen LogP contribution < -0.4 is 10.2 Å². The molecule has 0 bridgehead atoms. The molecule has 4 heterocycles. The Hall–Kier alpha value is -2.94. The van der Waals surface area contributed by atoms with Crippen LogP contribution in [-0.2, 0) is 11.8 Å². The van der Waals surface area contributed by atoms with Gasteiger partial charge in [0.2, 0.25) is 5.91 Å². The normalized spacial score (nSPS) is 25.7. The lowest BCUT2D eigenvalue weighted by molar-refractivity contribution is -0.138. The first-order valence-electron chi connectivity index (χ1n) is 15.5. The third kappa shape index (κ3) is 5.26. The van der Waals surface area contributed by atoms with Gasteiger partial charge in [-0.3, -0.25) is 14.4 Å². The van der Waals surface area contributed by atoms with Crippen molar-refractivity contribution in [2.24, 2.45) is 18.9 Å². The molecule has 4 fully saturated rings. The quantitative estimate of drug-likeness (QED) is 0.520. The Labute approximate surface area is 242 Å². The smallest absolute Gasteiger partial charge is 0.225 e. The first-order valence-corrected chi connectivity index (χ1v) is 15.5. The Morgan fingerprint density at radius 1 is 1.02 bits per heavy atom. The molecule has 7 nitrogen and oxygen atoms in total. The van der Waals surface area contributed by atoms with E-state index in [1.807, 2.05) is 4.90 Å². The monoisotopic (exact) mass is 566 g/mol. The van der Waals surface area contributed by atoms with Gasteiger partial charge < -0.3 is 15.1 Å². The summed E-state index contributed by atoms with van der Waals surface area (Å²) in [6.07, 6.45) is 9.07. The number of carbonyl (C=O) groups is 1. The van der Waals surface area contributed by atoms with Crippen molar-refractivity contribution in [2.75, 3.05) is 37.6 Å². The molecule has 4 aliphatic rings. The zero-order chi connectivity index (χ0) is 28.8. The molecule has 41 heavy (non-hydrogen) atoms. The van der Waals surface area contributed by atoms with Crippen LogP contribution in [-0.4, -0.2) is 64.3 Å². The number of benzene rings is 1. The minimum atomic E-state index is -0.499. The van der Waals surface area contributed by atoms with Crippen molar-refractivity contribution in [3.63, 3.8) is 0 Å². The van der Waals surface area contributed by atoms with Gasteiger partial charge in [-0.1, -0.05) is 39.3 Å². The number of amides is 1. The van der Waals surface area contributed by atoms with E-state index in [1.54, 1.807) is 7.05 Å². The van der Waals surface area contributed by atoms with Gasteiger partial charge in [0.15, 0.2) is 11.6 Å². The molecule has 222 valence electrons. The summed E-state index contributed by atoms with van der Waals surface area (Å²) in [4.78, 5) is 19.5. The van der Waals surface area contributed by atoms with Gasteiger partial charge in [-0.2, -0.15) is 5.10 Å². The summed E-state index contributed by atoms with van der Waals surface area (Å²) in [6.45, 7) is 14.0. The first-order chi connectivity index (χ1) is 19.7. The predicted molar refractivity (Wildman–Crippen MR) is 158 cm³/mol. The number of anilines is 1. The Morgan fingerprint density at radius 3 is 2.44 bits per heavy atom. The number of piperidine rings is 2. The van der Waals surface area contributed by atoms with Crippen LogP contribution in [0, 0.1) is 23.5 Å². The van der Waals surface area contributed by atoms with Gasteiger partial charge in [0, 0.05) is 62.9 Å². The zero-order valence-electron chi connectivity index (χ0n) is 24.6. The van der Waals surface area contributed by atoms with Gasteiger partial charge >= 0.3 is 0 Å². The number of hydrogen-bond acceptors (Lipinski definition) is 5. The summed E-state index contributed by atoms with van der Waals surface area (Å²) < 4.78 is 33.5. The van der Waals surface area contributed by atoms with Crippen LogP contribution in [0.1, 0.15) is 76.2 Å². The Balaban J connectivity index is 1.14. The summed E-state index contributed by atoms with van der Waals surface area (Å²) >= 11 is 0. The van der Waals surface area contributed by atoms with E-state index in [-0.39, 0.29) is 23.3 Å². The molecule has 0 radical (unpaired) electrons. The van der Waals surface area contributed by atoms with Gasteiger partial charge in [0.05, 0.1) is 5.39 Å². The van der Waals surface area contributed by atoms with Crippen molar-refractivity contribution < 1.29 is 13.6 Å². The lowest BCUT2D eigenvalue weighted by Gasteiger charge is -2.45. The number of halogens is 2. The molecule has 1 aromatic heterocycles. The van der Waals surface area contributed by atoms with Gasteiger partial charge in [-0.15, -0.1) is 0 Å². The van der Waals surface area contributed by atoms with Crippen molar-refractivity contribution in [3.05, 3.63) is 47.9 Å². The molecule has 0 spiro atoms. The second-order valence-electron chi connectivity index (χ2n) is 12.8. The summed E-state index contributed by atoms with van der Waals surface area (Å²) in [7, 11) is 1.72. The average Bonchev–Trinajstić information content (AvgIpc) is 3.29. The largest absolute Gasteiger partial charge is 0.346 e. The van der Waals surface area contributed by atoms with Crippen LogP contribution in [0.15, 0.2) is 30.7 Å². The number of rotatable bonds is 4. The molecular weight excluding hydrogens is 522 g/mol. The van der Waals surface area contributed by atoms with Gasteiger partial charge in [0.1, 0.15) is 17.2 Å². The lowest BCUT2D eigenvalue weighted by atomic mass is 9.79. The maximum Gasteiger partial charge on any atom is 0.225 e. The number of fused-ring (bicyclic) bond motifs is 1. The average molecular weight is 567 g/mol. The molecule has 1 amide bonds. The van der Waals surface area contributed by atoms with E-state index in [4.69, 9.17) is 0 Å². The van der Waals surface area contributed by atoms with Crippen molar-refractivity contribution in [3.8, 4) is 0 Å². The highest BCUT2D eigenvalue weighted by Crippen LogP contribution is 2.41. The number of nitrogens with one attached hydrogen (secondary N) is 1. The highest BCUT2D eigenvalue weighted by atomic mass is 19.1. The standard InChI is InChI=1S/C32H44F2N6O/c1-20-19-39(24-11-14-38(15-12-24)32(41)23-8-6-5-7-9-23)16-13-25(20)28-27(33)18-26-30(29(28)34)37(4)36-31(26)40-17-10-21(2)35-22(40)3/h18,20,23-25,35H,2-3,5-17,19H2,1,4H3. The van der Waals surface area contributed by atoms with Crippen molar-refractivity contribution in [1.29, 1.82) is 0 Å². The molecule has 2 atom stereocenters. The maximum absolute atomic E-state index is 16.2. The van der Waals surface area contributed by atoms with Crippen LogP contribution in [0.25, 0.3) is 10.9 Å². The second-order valence-corrected chi connectivity index (χ2v) is 12.8. The fourth-order valence-electron chi connectivity index (χ4n) is 7.84. The molecule has 1 saturated carbocycles. The molecule has 6 rings (SSSR count). The minimum absolute atomic E-state index is 0.108. The molecule has 2 unspecified atom stereocenters. The van der Waals surface area contributed by atoms with E-state index in [0.29, 0.717) is 53.9 Å². The number of carbonyl (C=O) groups excluding carboxylic acids is 1. The van der Waals surface area contributed by atoms with Gasteiger partial charge in [-0.05, 0) is 56.6 Å². The fourth-order valence-corrected chi connectivity index (χ4v) is 7.84. The van der Waals surface area contributed by atoms with Crippen molar-refractivity contribution in [2.45, 2.75) is 76.7 Å². The molecule has 1 aliphatic carbocycles. The SMILES string of the molecule is C=C1CCN(c2nn(C)c3c(F)c(C4CCN(C5CCN(C(=O)C6CCCCC6)CC5)CC4C)c(F)cc23)C(=C)N1. The number of hydrogen-bond donors (Lipinski definition) is 1. The molecule has 2 aromatic rings. The van der Waals surface area contributed by atoms with Crippen LogP contribution in [0.4, 0.5) is 14.6 Å². The lowest BCUT2D eigenvalue weighted by Crippen LogP contribution is -2.51. The van der Waals surface area contributed by atoms with Crippen molar-refractivity contribution >= 4 is 22.6 Å².